The van der Waals surface area contributed by atoms with E-state index in [1.807, 2.05) is 18.2 Å². The number of aromatic amines is 1. The summed E-state index contributed by atoms with van der Waals surface area (Å²) in [7, 11) is 0. The number of aromatic nitrogens is 3. The minimum absolute atomic E-state index is 0.162. The molecular formula is C12H10N4O2. The summed E-state index contributed by atoms with van der Waals surface area (Å²) in [4.78, 5) is 18.9. The molecule has 2 aromatic heterocycles. The molecule has 3 aromatic rings. The van der Waals surface area contributed by atoms with Gasteiger partial charge in [0.25, 0.3) is 5.91 Å². The second-order valence-electron chi connectivity index (χ2n) is 3.77. The maximum Gasteiger partial charge on any atom is 0.252 e. The Kier molecular flexibility index (Phi) is 2.53. The van der Waals surface area contributed by atoms with Gasteiger partial charge >= 0.3 is 0 Å². The van der Waals surface area contributed by atoms with Crippen LogP contribution in [-0.4, -0.2) is 21.0 Å². The van der Waals surface area contributed by atoms with Gasteiger partial charge in [0.05, 0.1) is 6.54 Å². The van der Waals surface area contributed by atoms with Crippen LogP contribution in [0.2, 0.25) is 0 Å². The highest BCUT2D eigenvalue weighted by molar-refractivity contribution is 6.06. The molecule has 1 amide bonds. The van der Waals surface area contributed by atoms with Gasteiger partial charge in [-0.15, -0.1) is 0 Å². The summed E-state index contributed by atoms with van der Waals surface area (Å²) in [6.07, 6.45) is 3.04. The van der Waals surface area contributed by atoms with Crippen LogP contribution in [0.1, 0.15) is 16.2 Å². The second kappa shape index (κ2) is 4.33. The van der Waals surface area contributed by atoms with Gasteiger partial charge in [-0.1, -0.05) is 11.2 Å². The molecular weight excluding hydrogens is 232 g/mol. The zero-order valence-electron chi connectivity index (χ0n) is 9.38. The SMILES string of the molecule is O=C(NCc1ncon1)c1cccc2[nH]ccc12. The minimum Gasteiger partial charge on any atom is -0.361 e. The van der Waals surface area contributed by atoms with Crippen LogP contribution < -0.4 is 5.32 Å². The third-order valence-corrected chi connectivity index (χ3v) is 2.65. The van der Waals surface area contributed by atoms with Crippen molar-refractivity contribution in [1.82, 2.24) is 20.4 Å². The lowest BCUT2D eigenvalue weighted by Gasteiger charge is -2.03. The molecule has 90 valence electrons. The maximum absolute atomic E-state index is 12.0. The van der Waals surface area contributed by atoms with Gasteiger partial charge in [-0.25, -0.2) is 0 Å². The van der Waals surface area contributed by atoms with Crippen LogP contribution >= 0.6 is 0 Å². The number of nitrogens with one attached hydrogen (secondary N) is 2. The molecule has 0 aliphatic rings. The number of H-pyrrole nitrogens is 1. The fourth-order valence-corrected chi connectivity index (χ4v) is 1.81. The van der Waals surface area contributed by atoms with Gasteiger partial charge in [0.15, 0.2) is 5.82 Å². The lowest BCUT2D eigenvalue weighted by atomic mass is 10.1. The van der Waals surface area contributed by atoms with Crippen molar-refractivity contribution in [3.63, 3.8) is 0 Å². The number of carbonyl (C=O) groups excluding carboxylic acids is 1. The lowest BCUT2D eigenvalue weighted by molar-refractivity contribution is 0.0951. The normalized spacial score (nSPS) is 10.7. The highest BCUT2D eigenvalue weighted by atomic mass is 16.5. The fraction of sp³-hybridized carbons (Fsp3) is 0.0833. The Labute approximate surface area is 102 Å². The van der Waals surface area contributed by atoms with Crippen molar-refractivity contribution in [2.75, 3.05) is 0 Å². The number of hydrogen-bond acceptors (Lipinski definition) is 4. The number of benzene rings is 1. The van der Waals surface area contributed by atoms with Gasteiger partial charge in [-0.2, -0.15) is 4.98 Å². The molecule has 0 fully saturated rings. The third kappa shape index (κ3) is 1.84. The van der Waals surface area contributed by atoms with Gasteiger partial charge in [0.1, 0.15) is 0 Å². The lowest BCUT2D eigenvalue weighted by Crippen LogP contribution is -2.23. The molecule has 0 aliphatic heterocycles. The Morgan fingerprint density at radius 1 is 1.39 bits per heavy atom. The summed E-state index contributed by atoms with van der Waals surface area (Å²) < 4.78 is 4.59. The van der Waals surface area contributed by atoms with E-state index in [0.717, 1.165) is 10.9 Å². The molecule has 6 nitrogen and oxygen atoms in total. The fourth-order valence-electron chi connectivity index (χ4n) is 1.81. The smallest absolute Gasteiger partial charge is 0.252 e. The van der Waals surface area contributed by atoms with E-state index < -0.39 is 0 Å². The van der Waals surface area contributed by atoms with Gasteiger partial charge in [0, 0.05) is 22.7 Å². The van der Waals surface area contributed by atoms with Gasteiger partial charge in [-0.3, -0.25) is 4.79 Å². The number of carbonyl (C=O) groups is 1. The standard InChI is InChI=1S/C12H10N4O2/c17-12(14-6-11-15-7-18-16-11)9-2-1-3-10-8(9)4-5-13-10/h1-5,7,13H,6H2,(H,14,17). The highest BCUT2D eigenvalue weighted by Gasteiger charge is 2.10. The average molecular weight is 242 g/mol. The number of fused-ring (bicyclic) bond motifs is 1. The first-order valence-electron chi connectivity index (χ1n) is 5.44. The van der Waals surface area contributed by atoms with E-state index in [1.165, 1.54) is 6.39 Å². The summed E-state index contributed by atoms with van der Waals surface area (Å²) in [6, 6.07) is 7.41. The molecule has 0 saturated heterocycles. The molecule has 2 heterocycles. The monoisotopic (exact) mass is 242 g/mol. The Bertz CT molecular complexity index is 672. The van der Waals surface area contributed by atoms with Crippen molar-refractivity contribution >= 4 is 16.8 Å². The van der Waals surface area contributed by atoms with E-state index in [4.69, 9.17) is 0 Å². The van der Waals surface area contributed by atoms with Crippen molar-refractivity contribution in [3.05, 3.63) is 48.2 Å². The molecule has 0 bridgehead atoms. The topological polar surface area (TPSA) is 83.8 Å². The molecule has 0 unspecified atom stereocenters. The third-order valence-electron chi connectivity index (χ3n) is 2.65. The van der Waals surface area contributed by atoms with Crippen molar-refractivity contribution < 1.29 is 9.32 Å². The van der Waals surface area contributed by atoms with Crippen LogP contribution in [0.3, 0.4) is 0 Å². The molecule has 2 N–H and O–H groups in total. The Morgan fingerprint density at radius 3 is 3.17 bits per heavy atom. The van der Waals surface area contributed by atoms with Crippen LogP contribution in [0.4, 0.5) is 0 Å². The summed E-state index contributed by atoms with van der Waals surface area (Å²) in [6.45, 7) is 0.246. The van der Waals surface area contributed by atoms with Crippen LogP contribution in [0, 0.1) is 0 Å². The molecule has 0 spiro atoms. The second-order valence-corrected chi connectivity index (χ2v) is 3.77. The van der Waals surface area contributed by atoms with Crippen molar-refractivity contribution in [2.24, 2.45) is 0 Å². The van der Waals surface area contributed by atoms with Crippen molar-refractivity contribution in [2.45, 2.75) is 6.54 Å². The molecule has 0 atom stereocenters. The van der Waals surface area contributed by atoms with E-state index in [9.17, 15) is 4.79 Å². The Balaban J connectivity index is 1.81. The number of hydrogen-bond donors (Lipinski definition) is 2. The van der Waals surface area contributed by atoms with Crippen molar-refractivity contribution in [3.8, 4) is 0 Å². The van der Waals surface area contributed by atoms with Crippen LogP contribution in [0.5, 0.6) is 0 Å². The highest BCUT2D eigenvalue weighted by Crippen LogP contribution is 2.17. The Hall–Kier alpha value is -2.63. The molecule has 3 rings (SSSR count). The van der Waals surface area contributed by atoms with Crippen LogP contribution in [0.25, 0.3) is 10.9 Å². The molecule has 6 heteroatoms. The quantitative estimate of drug-likeness (QED) is 0.728. The summed E-state index contributed by atoms with van der Waals surface area (Å²) in [5, 5.41) is 7.26. The average Bonchev–Trinajstić information content (AvgIpc) is 3.05. The first-order valence-corrected chi connectivity index (χ1v) is 5.44. The molecule has 1 aromatic carbocycles. The molecule has 0 aliphatic carbocycles. The number of rotatable bonds is 3. The summed E-state index contributed by atoms with van der Waals surface area (Å²) in [5.41, 5.74) is 1.56. The zero-order valence-corrected chi connectivity index (χ0v) is 9.38. The Morgan fingerprint density at radius 2 is 2.33 bits per heavy atom. The van der Waals surface area contributed by atoms with Gasteiger partial charge in [0.2, 0.25) is 6.39 Å². The predicted octanol–water partition coefficient (Wildman–Crippen LogP) is 1.48. The first-order chi connectivity index (χ1) is 8.84. The van der Waals surface area contributed by atoms with Crippen LogP contribution in [0.15, 0.2) is 41.4 Å². The van der Waals surface area contributed by atoms with Gasteiger partial charge in [-0.05, 0) is 18.2 Å². The molecule has 0 saturated carbocycles. The molecule has 0 radical (unpaired) electrons. The van der Waals surface area contributed by atoms with Gasteiger partial charge < -0.3 is 14.8 Å². The molecule has 18 heavy (non-hydrogen) atoms. The van der Waals surface area contributed by atoms with Crippen molar-refractivity contribution in [1.29, 1.82) is 0 Å². The summed E-state index contributed by atoms with van der Waals surface area (Å²) >= 11 is 0. The zero-order chi connectivity index (χ0) is 12.4. The first kappa shape index (κ1) is 10.5. The largest absolute Gasteiger partial charge is 0.361 e. The number of nitrogens with zero attached hydrogens (tertiary/aromatic N) is 2. The van der Waals surface area contributed by atoms with Crippen LogP contribution in [-0.2, 0) is 6.54 Å². The van der Waals surface area contributed by atoms with E-state index in [-0.39, 0.29) is 12.5 Å². The van der Waals surface area contributed by atoms with E-state index in [2.05, 4.69) is 25.0 Å². The van der Waals surface area contributed by atoms with E-state index in [0.29, 0.717) is 11.4 Å². The minimum atomic E-state index is -0.162. The van der Waals surface area contributed by atoms with E-state index in [1.54, 1.807) is 12.3 Å². The summed E-state index contributed by atoms with van der Waals surface area (Å²) in [5.74, 6) is 0.287. The predicted molar refractivity (Wildman–Crippen MR) is 63.8 cm³/mol. The maximum atomic E-state index is 12.0. The van der Waals surface area contributed by atoms with E-state index >= 15 is 0 Å². The number of amides is 1.